The molecule has 0 saturated heterocycles. The molecule has 4 N–H and O–H groups in total. The summed E-state index contributed by atoms with van der Waals surface area (Å²) in [6.45, 7) is 0.466. The van der Waals surface area contributed by atoms with Crippen LogP contribution in [-0.4, -0.2) is 29.6 Å². The number of aliphatic hydroxyl groups is 1. The van der Waals surface area contributed by atoms with Crippen LogP contribution in [0.2, 0.25) is 0 Å². The first-order valence-corrected chi connectivity index (χ1v) is 12.3. The largest absolute Gasteiger partial charge is 0.416 e. The van der Waals surface area contributed by atoms with Crippen molar-refractivity contribution in [1.82, 2.24) is 5.32 Å². The number of carbonyl (C=O) groups excluding carboxylic acids is 2. The van der Waals surface area contributed by atoms with E-state index in [-0.39, 0.29) is 29.5 Å². The first-order chi connectivity index (χ1) is 18.2. The summed E-state index contributed by atoms with van der Waals surface area (Å²) < 4.78 is 79.0. The second-order valence-electron chi connectivity index (χ2n) is 9.30. The number of amides is 1. The average molecular weight is 555 g/mol. The quantitative estimate of drug-likeness (QED) is 0.156. The number of rotatable bonds is 9. The Hall–Kier alpha value is -3.44. The number of hydrogen-bond acceptors (Lipinski definition) is 4. The molecule has 0 aromatic heterocycles. The van der Waals surface area contributed by atoms with E-state index < -0.39 is 35.5 Å². The fourth-order valence-electron chi connectivity index (χ4n) is 4.20. The number of alkyl halides is 6. The van der Waals surface area contributed by atoms with E-state index in [9.17, 15) is 35.9 Å². The van der Waals surface area contributed by atoms with Crippen molar-refractivity contribution in [3.05, 3.63) is 81.4 Å². The molecule has 0 spiro atoms. The third-order valence-corrected chi connectivity index (χ3v) is 6.18. The summed E-state index contributed by atoms with van der Waals surface area (Å²) in [6, 6.07) is 6.08. The van der Waals surface area contributed by atoms with Gasteiger partial charge in [-0.15, -0.1) is 0 Å². The maximum Gasteiger partial charge on any atom is 0.416 e. The molecule has 0 bridgehead atoms. The fraction of sp³-hybridized carbons (Fsp3) is 0.357. The van der Waals surface area contributed by atoms with Gasteiger partial charge in [0, 0.05) is 23.8 Å². The Labute approximate surface area is 221 Å². The molecular formula is C28H28F6N2O3. The Balaban J connectivity index is 1.69. The summed E-state index contributed by atoms with van der Waals surface area (Å²) in [5.41, 5.74) is 3.76. The van der Waals surface area contributed by atoms with E-state index in [1.807, 2.05) is 0 Å². The molecule has 11 heteroatoms. The van der Waals surface area contributed by atoms with Gasteiger partial charge in [-0.1, -0.05) is 24.6 Å². The van der Waals surface area contributed by atoms with E-state index in [1.54, 1.807) is 18.2 Å². The van der Waals surface area contributed by atoms with Crippen molar-refractivity contribution >= 4 is 23.8 Å². The topological polar surface area (TPSA) is 92.4 Å². The van der Waals surface area contributed by atoms with E-state index in [0.29, 0.717) is 48.2 Å². The van der Waals surface area contributed by atoms with Crippen LogP contribution in [0, 0.1) is 0 Å². The number of fused-ring (bicyclic) bond motifs is 1. The summed E-state index contributed by atoms with van der Waals surface area (Å²) in [5, 5.41) is 11.8. The van der Waals surface area contributed by atoms with Gasteiger partial charge in [-0.2, -0.15) is 26.3 Å². The van der Waals surface area contributed by atoms with Crippen molar-refractivity contribution in [3.63, 3.8) is 0 Å². The zero-order valence-corrected chi connectivity index (χ0v) is 20.8. The smallest absolute Gasteiger partial charge is 0.379 e. The molecule has 1 aliphatic carbocycles. The highest BCUT2D eigenvalue weighted by molar-refractivity contribution is 6.13. The lowest BCUT2D eigenvalue weighted by Crippen LogP contribution is -2.22. The van der Waals surface area contributed by atoms with Crippen molar-refractivity contribution in [2.45, 2.75) is 57.1 Å². The predicted octanol–water partition coefficient (Wildman–Crippen LogP) is 5.90. The number of allylic oxidation sites excluding steroid dienone is 1. The first kappa shape index (κ1) is 30.1. The van der Waals surface area contributed by atoms with Gasteiger partial charge in [-0.25, -0.2) is 0 Å². The van der Waals surface area contributed by atoms with Crippen molar-refractivity contribution in [2.24, 2.45) is 5.73 Å². The number of halogens is 6. The molecule has 1 aliphatic rings. The third-order valence-electron chi connectivity index (χ3n) is 6.18. The maximum absolute atomic E-state index is 13.2. The number of hydrogen-bond donors (Lipinski definition) is 3. The Bertz CT molecular complexity index is 1230. The molecule has 0 heterocycles. The molecule has 0 unspecified atom stereocenters. The number of Topliss-reactive ketones (excluding diaryl/α,β-unsaturated/α-hetero) is 1. The van der Waals surface area contributed by atoms with E-state index >= 15 is 0 Å². The van der Waals surface area contributed by atoms with E-state index in [0.717, 1.165) is 25.3 Å². The predicted molar refractivity (Wildman–Crippen MR) is 134 cm³/mol. The maximum atomic E-state index is 13.2. The molecule has 1 amide bonds. The number of nitrogens with two attached hydrogens (primary N) is 1. The fourth-order valence-corrected chi connectivity index (χ4v) is 4.20. The number of benzene rings is 2. The van der Waals surface area contributed by atoms with Crippen LogP contribution in [-0.2, 0) is 23.6 Å². The molecule has 2 aromatic rings. The summed E-state index contributed by atoms with van der Waals surface area (Å²) in [4.78, 5) is 25.0. The zero-order valence-electron chi connectivity index (χ0n) is 20.8. The molecular weight excluding hydrogens is 526 g/mol. The van der Waals surface area contributed by atoms with Crippen LogP contribution in [0.3, 0.4) is 0 Å². The van der Waals surface area contributed by atoms with Gasteiger partial charge in [-0.05, 0) is 79.1 Å². The standard InChI is InChI=1S/C28H28F6N2O3/c29-27(30,31)21-14-18(15-22(16-21)28(32,33)34)13-20-8-7-19-12-17(5-9-23(19)26(20)39)6-10-25(38)36-11-3-1-2-4-24(35)37/h5-6,9-10,12-16,24,37H,1-4,7-8,11,35H2,(H,36,38)/b10-6+,20-13+/t24-/m0/s1. The Kier molecular flexibility index (Phi) is 9.73. The van der Waals surface area contributed by atoms with Gasteiger partial charge in [0.05, 0.1) is 11.1 Å². The Morgan fingerprint density at radius 1 is 0.949 bits per heavy atom. The molecule has 0 fully saturated rings. The van der Waals surface area contributed by atoms with Gasteiger partial charge in [0.15, 0.2) is 5.78 Å². The molecule has 1 atom stereocenters. The van der Waals surface area contributed by atoms with E-state index in [4.69, 9.17) is 10.8 Å². The zero-order chi connectivity index (χ0) is 28.8. The number of nitrogens with one attached hydrogen (secondary N) is 1. The number of unbranched alkanes of at least 4 members (excludes halogenated alkanes) is 2. The monoisotopic (exact) mass is 554 g/mol. The summed E-state index contributed by atoms with van der Waals surface area (Å²) in [6.07, 6.45) is -3.50. The molecule has 210 valence electrons. The summed E-state index contributed by atoms with van der Waals surface area (Å²) >= 11 is 0. The van der Waals surface area contributed by atoms with Crippen molar-refractivity contribution < 1.29 is 41.0 Å². The minimum absolute atomic E-state index is 0.0464. The van der Waals surface area contributed by atoms with Crippen molar-refractivity contribution in [2.75, 3.05) is 6.54 Å². The highest BCUT2D eigenvalue weighted by Gasteiger charge is 2.37. The van der Waals surface area contributed by atoms with Crippen LogP contribution >= 0.6 is 0 Å². The first-order valence-electron chi connectivity index (χ1n) is 12.3. The van der Waals surface area contributed by atoms with Crippen LogP contribution in [0.1, 0.15) is 70.3 Å². The van der Waals surface area contributed by atoms with Crippen LogP contribution in [0.5, 0.6) is 0 Å². The molecule has 0 radical (unpaired) electrons. The lowest BCUT2D eigenvalue weighted by atomic mass is 9.85. The second-order valence-corrected chi connectivity index (χ2v) is 9.30. The lowest BCUT2D eigenvalue weighted by Gasteiger charge is -2.19. The van der Waals surface area contributed by atoms with Crippen LogP contribution in [0.4, 0.5) is 26.3 Å². The van der Waals surface area contributed by atoms with Crippen LogP contribution < -0.4 is 11.1 Å². The summed E-state index contributed by atoms with van der Waals surface area (Å²) in [7, 11) is 0. The SMILES string of the molecule is N[C@@H](O)CCCCCNC(=O)/C=C/c1ccc2c(c1)CC/C(=C\c1cc(C(F)(F)F)cc(C(F)(F)F)c1)C2=O. The molecule has 2 aromatic carbocycles. The minimum Gasteiger partial charge on any atom is -0.379 e. The Morgan fingerprint density at radius 2 is 1.62 bits per heavy atom. The molecule has 5 nitrogen and oxygen atoms in total. The number of ketones is 1. The van der Waals surface area contributed by atoms with Gasteiger partial charge in [0.1, 0.15) is 6.23 Å². The van der Waals surface area contributed by atoms with Gasteiger partial charge in [0.2, 0.25) is 5.91 Å². The van der Waals surface area contributed by atoms with Gasteiger partial charge < -0.3 is 16.2 Å². The normalized spacial score (nSPS) is 16.0. The van der Waals surface area contributed by atoms with Gasteiger partial charge in [-0.3, -0.25) is 9.59 Å². The molecule has 3 rings (SSSR count). The van der Waals surface area contributed by atoms with E-state index in [2.05, 4.69) is 5.32 Å². The van der Waals surface area contributed by atoms with Crippen LogP contribution in [0.25, 0.3) is 12.2 Å². The molecule has 0 saturated carbocycles. The highest BCUT2D eigenvalue weighted by Crippen LogP contribution is 2.37. The number of aryl methyl sites for hydroxylation is 1. The van der Waals surface area contributed by atoms with Gasteiger partial charge in [0.25, 0.3) is 0 Å². The average Bonchev–Trinajstić information content (AvgIpc) is 2.85. The van der Waals surface area contributed by atoms with E-state index in [1.165, 1.54) is 12.1 Å². The molecule has 0 aliphatic heterocycles. The van der Waals surface area contributed by atoms with Crippen molar-refractivity contribution in [1.29, 1.82) is 0 Å². The number of carbonyl (C=O) groups is 2. The second kappa shape index (κ2) is 12.6. The molecule has 39 heavy (non-hydrogen) atoms. The summed E-state index contributed by atoms with van der Waals surface area (Å²) in [5.74, 6) is -0.773. The lowest BCUT2D eigenvalue weighted by molar-refractivity contribution is -0.143. The van der Waals surface area contributed by atoms with Crippen molar-refractivity contribution in [3.8, 4) is 0 Å². The van der Waals surface area contributed by atoms with Gasteiger partial charge >= 0.3 is 12.4 Å². The Morgan fingerprint density at radius 3 is 2.23 bits per heavy atom. The highest BCUT2D eigenvalue weighted by atomic mass is 19.4. The number of aliphatic hydroxyl groups excluding tert-OH is 1. The van der Waals surface area contributed by atoms with Crippen LogP contribution in [0.15, 0.2) is 48.0 Å². The minimum atomic E-state index is -4.98. The third kappa shape index (κ3) is 8.79.